The van der Waals surface area contributed by atoms with Gasteiger partial charge in [0.05, 0.1) is 13.7 Å². The van der Waals surface area contributed by atoms with Crippen molar-refractivity contribution in [3.05, 3.63) is 42.0 Å². The van der Waals surface area contributed by atoms with Crippen LogP contribution in [0.25, 0.3) is 10.8 Å². The number of likely N-dealkylation sites (tertiary alicyclic amines) is 1. The Bertz CT molecular complexity index is 838. The minimum Gasteiger partial charge on any atom is -0.497 e. The molecule has 0 spiro atoms. The summed E-state index contributed by atoms with van der Waals surface area (Å²) in [5, 5.41) is 8.66. The lowest BCUT2D eigenvalue weighted by Crippen LogP contribution is -2.44. The number of ether oxygens (including phenoxy) is 1. The molecule has 1 aliphatic heterocycles. The van der Waals surface area contributed by atoms with Crippen molar-refractivity contribution in [1.82, 2.24) is 15.5 Å². The van der Waals surface area contributed by atoms with Crippen LogP contribution in [-0.2, 0) is 6.54 Å². The summed E-state index contributed by atoms with van der Waals surface area (Å²) in [4.78, 5) is 5.61. The molecular formula is C20H25F3N4O. The van der Waals surface area contributed by atoms with Crippen molar-refractivity contribution in [1.29, 1.82) is 0 Å². The van der Waals surface area contributed by atoms with Crippen LogP contribution in [0, 0.1) is 0 Å². The van der Waals surface area contributed by atoms with Crippen LogP contribution in [-0.4, -0.2) is 56.9 Å². The molecule has 2 aromatic rings. The molecule has 0 radical (unpaired) electrons. The van der Waals surface area contributed by atoms with E-state index in [0.29, 0.717) is 32.0 Å². The molecule has 8 heteroatoms. The Balaban J connectivity index is 1.54. The van der Waals surface area contributed by atoms with Gasteiger partial charge in [-0.25, -0.2) is 0 Å². The van der Waals surface area contributed by atoms with Gasteiger partial charge in [-0.2, -0.15) is 13.2 Å². The number of methoxy groups -OCH3 is 1. The fourth-order valence-corrected chi connectivity index (χ4v) is 3.43. The highest BCUT2D eigenvalue weighted by atomic mass is 19.4. The average molecular weight is 394 g/mol. The second-order valence-electron chi connectivity index (χ2n) is 6.95. The molecule has 1 fully saturated rings. The molecule has 5 nitrogen and oxygen atoms in total. The maximum atomic E-state index is 12.5. The van der Waals surface area contributed by atoms with E-state index in [0.717, 1.165) is 22.1 Å². The molecule has 1 unspecified atom stereocenters. The number of alkyl halides is 3. The molecule has 0 saturated carbocycles. The minimum absolute atomic E-state index is 0.0439. The number of benzene rings is 2. The number of rotatable bonds is 5. The molecule has 0 aromatic heterocycles. The molecule has 2 N–H and O–H groups in total. The number of hydrogen-bond acceptors (Lipinski definition) is 3. The highest BCUT2D eigenvalue weighted by molar-refractivity contribution is 5.85. The van der Waals surface area contributed by atoms with Crippen molar-refractivity contribution >= 4 is 16.7 Å². The summed E-state index contributed by atoms with van der Waals surface area (Å²) < 4.78 is 42.8. The van der Waals surface area contributed by atoms with Gasteiger partial charge in [0.1, 0.15) is 5.75 Å². The zero-order valence-corrected chi connectivity index (χ0v) is 16.0. The van der Waals surface area contributed by atoms with Crippen LogP contribution in [0.15, 0.2) is 41.4 Å². The third-order valence-electron chi connectivity index (χ3n) is 4.81. The van der Waals surface area contributed by atoms with Crippen LogP contribution in [0.2, 0.25) is 0 Å². The first kappa shape index (κ1) is 20.3. The van der Waals surface area contributed by atoms with Gasteiger partial charge in [0.15, 0.2) is 5.96 Å². The summed E-state index contributed by atoms with van der Waals surface area (Å²) in [5.74, 6) is 1.41. The minimum atomic E-state index is -4.16. The van der Waals surface area contributed by atoms with E-state index in [2.05, 4.69) is 21.7 Å². The SMILES string of the molecule is CN=C(NCc1ccc2cc(OC)ccc2c1)NC1CCN(CC(F)(F)F)C1. The summed E-state index contributed by atoms with van der Waals surface area (Å²) in [6, 6.07) is 12.0. The molecule has 28 heavy (non-hydrogen) atoms. The van der Waals surface area contributed by atoms with E-state index < -0.39 is 12.7 Å². The van der Waals surface area contributed by atoms with Gasteiger partial charge in [-0.3, -0.25) is 9.89 Å². The molecule has 1 aliphatic rings. The Morgan fingerprint density at radius 1 is 1.21 bits per heavy atom. The Labute approximate surface area is 162 Å². The molecule has 1 atom stereocenters. The van der Waals surface area contributed by atoms with E-state index >= 15 is 0 Å². The smallest absolute Gasteiger partial charge is 0.401 e. The van der Waals surface area contributed by atoms with Crippen molar-refractivity contribution < 1.29 is 17.9 Å². The molecule has 0 aliphatic carbocycles. The Kier molecular flexibility index (Phi) is 6.28. The van der Waals surface area contributed by atoms with Crippen molar-refractivity contribution in [2.24, 2.45) is 4.99 Å². The lowest BCUT2D eigenvalue weighted by Gasteiger charge is -2.20. The van der Waals surface area contributed by atoms with Crippen LogP contribution < -0.4 is 15.4 Å². The number of guanidine groups is 1. The molecule has 0 amide bonds. The van der Waals surface area contributed by atoms with E-state index in [1.165, 1.54) is 4.90 Å². The molecule has 152 valence electrons. The predicted octanol–water partition coefficient (Wildman–Crippen LogP) is 3.15. The van der Waals surface area contributed by atoms with Gasteiger partial charge < -0.3 is 15.4 Å². The van der Waals surface area contributed by atoms with Crippen LogP contribution >= 0.6 is 0 Å². The number of halogens is 3. The topological polar surface area (TPSA) is 48.9 Å². The predicted molar refractivity (Wildman–Crippen MR) is 105 cm³/mol. The maximum Gasteiger partial charge on any atom is 0.401 e. The van der Waals surface area contributed by atoms with Gasteiger partial charge in [-0.1, -0.05) is 18.2 Å². The summed E-state index contributed by atoms with van der Waals surface area (Å²) in [5.41, 5.74) is 1.09. The van der Waals surface area contributed by atoms with Gasteiger partial charge in [-0.05, 0) is 41.0 Å². The first-order chi connectivity index (χ1) is 13.4. The lowest BCUT2D eigenvalue weighted by molar-refractivity contribution is -0.143. The largest absolute Gasteiger partial charge is 0.497 e. The van der Waals surface area contributed by atoms with Gasteiger partial charge in [-0.15, -0.1) is 0 Å². The molecule has 0 bridgehead atoms. The zero-order valence-electron chi connectivity index (χ0n) is 16.0. The number of fused-ring (bicyclic) bond motifs is 1. The first-order valence-corrected chi connectivity index (χ1v) is 9.19. The number of aliphatic imine (C=N–C) groups is 1. The fraction of sp³-hybridized carbons (Fsp3) is 0.450. The van der Waals surface area contributed by atoms with Crippen molar-refractivity contribution in [2.45, 2.75) is 25.2 Å². The second kappa shape index (κ2) is 8.68. The normalized spacial score (nSPS) is 18.5. The van der Waals surface area contributed by atoms with Gasteiger partial charge >= 0.3 is 6.18 Å². The quantitative estimate of drug-likeness (QED) is 0.604. The van der Waals surface area contributed by atoms with E-state index in [9.17, 15) is 13.2 Å². The molecular weight excluding hydrogens is 369 g/mol. The average Bonchev–Trinajstić information content (AvgIpc) is 3.09. The van der Waals surface area contributed by atoms with Crippen LogP contribution in [0.5, 0.6) is 5.75 Å². The molecule has 2 aromatic carbocycles. The van der Waals surface area contributed by atoms with Crippen molar-refractivity contribution in [3.8, 4) is 5.75 Å². The first-order valence-electron chi connectivity index (χ1n) is 9.19. The van der Waals surface area contributed by atoms with E-state index in [4.69, 9.17) is 4.74 Å². The summed E-state index contributed by atoms with van der Waals surface area (Å²) >= 11 is 0. The zero-order chi connectivity index (χ0) is 20.1. The van der Waals surface area contributed by atoms with Crippen LogP contribution in [0.4, 0.5) is 13.2 Å². The van der Waals surface area contributed by atoms with Crippen LogP contribution in [0.3, 0.4) is 0 Å². The number of nitrogens with one attached hydrogen (secondary N) is 2. The lowest BCUT2D eigenvalue weighted by atomic mass is 10.1. The third-order valence-corrected chi connectivity index (χ3v) is 4.81. The highest BCUT2D eigenvalue weighted by Crippen LogP contribution is 2.22. The van der Waals surface area contributed by atoms with Gasteiger partial charge in [0.2, 0.25) is 0 Å². The summed E-state index contributed by atoms with van der Waals surface area (Å²) in [6.45, 7) is 0.500. The summed E-state index contributed by atoms with van der Waals surface area (Å²) in [6.07, 6.45) is -3.50. The third kappa shape index (κ3) is 5.51. The molecule has 3 rings (SSSR count). The number of nitrogens with zero attached hydrogens (tertiary/aromatic N) is 2. The molecule has 1 saturated heterocycles. The summed E-state index contributed by atoms with van der Waals surface area (Å²) in [7, 11) is 3.30. The van der Waals surface area contributed by atoms with E-state index in [1.54, 1.807) is 14.2 Å². The maximum absolute atomic E-state index is 12.5. The van der Waals surface area contributed by atoms with Crippen molar-refractivity contribution in [3.63, 3.8) is 0 Å². The Hall–Kier alpha value is -2.48. The number of hydrogen-bond donors (Lipinski definition) is 2. The highest BCUT2D eigenvalue weighted by Gasteiger charge is 2.34. The molecule has 1 heterocycles. The van der Waals surface area contributed by atoms with Gasteiger partial charge in [0, 0.05) is 32.7 Å². The Morgan fingerprint density at radius 3 is 2.68 bits per heavy atom. The fourth-order valence-electron chi connectivity index (χ4n) is 3.43. The second-order valence-corrected chi connectivity index (χ2v) is 6.95. The van der Waals surface area contributed by atoms with Gasteiger partial charge in [0.25, 0.3) is 0 Å². The van der Waals surface area contributed by atoms with Crippen LogP contribution in [0.1, 0.15) is 12.0 Å². The van der Waals surface area contributed by atoms with Crippen molar-refractivity contribution in [2.75, 3.05) is 33.8 Å². The van der Waals surface area contributed by atoms with E-state index in [-0.39, 0.29) is 6.04 Å². The monoisotopic (exact) mass is 394 g/mol. The standard InChI is InChI=1S/C20H25F3N4O/c1-24-19(26-17-7-8-27(12-17)13-20(21,22)23)25-11-14-3-4-16-10-18(28-2)6-5-15(16)9-14/h3-6,9-10,17H,7-8,11-13H2,1-2H3,(H2,24,25,26). The van der Waals surface area contributed by atoms with E-state index in [1.807, 2.05) is 30.3 Å². The Morgan fingerprint density at radius 2 is 1.96 bits per heavy atom.